The van der Waals surface area contributed by atoms with E-state index in [9.17, 15) is 9.90 Å². The van der Waals surface area contributed by atoms with E-state index >= 15 is 0 Å². The molecule has 1 rings (SSSR count). The van der Waals surface area contributed by atoms with Gasteiger partial charge < -0.3 is 9.84 Å². The Morgan fingerprint density at radius 3 is 2.74 bits per heavy atom. The molecule has 0 fully saturated rings. The predicted octanol–water partition coefficient (Wildman–Crippen LogP) is 3.81. The second kappa shape index (κ2) is 7.49. The Morgan fingerprint density at radius 1 is 1.47 bits per heavy atom. The molecule has 0 saturated carbocycles. The van der Waals surface area contributed by atoms with Gasteiger partial charge in [-0.25, -0.2) is 0 Å². The van der Waals surface area contributed by atoms with E-state index in [1.165, 1.54) is 5.57 Å². The molecule has 0 heterocycles. The summed E-state index contributed by atoms with van der Waals surface area (Å²) in [5, 5.41) is 9.60. The molecule has 108 valence electrons. The van der Waals surface area contributed by atoms with E-state index in [0.717, 1.165) is 25.7 Å². The van der Waals surface area contributed by atoms with Crippen LogP contribution in [0.15, 0.2) is 23.8 Å². The lowest BCUT2D eigenvalue weighted by molar-refractivity contribution is -0.148. The summed E-state index contributed by atoms with van der Waals surface area (Å²) in [4.78, 5) is 11.7. The lowest BCUT2D eigenvalue weighted by atomic mass is 9.68. The largest absolute Gasteiger partial charge is 0.481 e. The zero-order valence-electron chi connectivity index (χ0n) is 12.3. The zero-order valence-corrected chi connectivity index (χ0v) is 12.3. The Hall–Kier alpha value is -1.09. The zero-order chi connectivity index (χ0) is 14.3. The number of carboxylic acids is 1. The Bertz CT molecular complexity index is 357. The Morgan fingerprint density at radius 2 is 2.21 bits per heavy atom. The van der Waals surface area contributed by atoms with Crippen molar-refractivity contribution in [3.8, 4) is 0 Å². The molecule has 0 aromatic carbocycles. The molecular formula is C16H26O3. The Labute approximate surface area is 116 Å². The standard InChI is InChI=1S/C16H26O3/c1-4-6-7-13-8-10-16(5-2,15(17)18)14(12-13)9-11-19-3/h8,10,12,14H,4-7,9,11H2,1-3H3,(H,17,18). The monoisotopic (exact) mass is 266 g/mol. The summed E-state index contributed by atoms with van der Waals surface area (Å²) in [6.07, 6.45) is 10.8. The molecule has 3 nitrogen and oxygen atoms in total. The van der Waals surface area contributed by atoms with Crippen LogP contribution in [0.1, 0.15) is 46.0 Å². The summed E-state index contributed by atoms with van der Waals surface area (Å²) in [5.74, 6) is -0.690. The SMILES string of the molecule is CCCCC1=CC(CCOC)C(CC)(C(=O)O)C=C1. The average Bonchev–Trinajstić information content (AvgIpc) is 2.42. The number of allylic oxidation sites excluding steroid dienone is 3. The molecule has 1 aliphatic carbocycles. The number of hydrogen-bond donors (Lipinski definition) is 1. The number of ether oxygens (including phenoxy) is 1. The van der Waals surface area contributed by atoms with E-state index in [0.29, 0.717) is 13.0 Å². The molecule has 0 aromatic heterocycles. The van der Waals surface area contributed by atoms with Crippen LogP contribution in [0, 0.1) is 11.3 Å². The Kier molecular flexibility index (Phi) is 6.29. The summed E-state index contributed by atoms with van der Waals surface area (Å²) < 4.78 is 5.13. The van der Waals surface area contributed by atoms with Gasteiger partial charge >= 0.3 is 5.97 Å². The number of aliphatic carboxylic acids is 1. The third-order valence-corrected chi connectivity index (χ3v) is 4.11. The van der Waals surface area contributed by atoms with Crippen LogP contribution in [0.2, 0.25) is 0 Å². The quantitative estimate of drug-likeness (QED) is 0.726. The molecule has 0 saturated heterocycles. The molecule has 0 bridgehead atoms. The maximum Gasteiger partial charge on any atom is 0.314 e. The third kappa shape index (κ3) is 3.69. The smallest absolute Gasteiger partial charge is 0.314 e. The second-order valence-electron chi connectivity index (χ2n) is 5.27. The van der Waals surface area contributed by atoms with Gasteiger partial charge in [0.25, 0.3) is 0 Å². The van der Waals surface area contributed by atoms with Crippen LogP contribution in [0.4, 0.5) is 0 Å². The lowest BCUT2D eigenvalue weighted by Crippen LogP contribution is -2.37. The molecule has 0 amide bonds. The second-order valence-corrected chi connectivity index (χ2v) is 5.27. The van der Waals surface area contributed by atoms with Crippen molar-refractivity contribution in [1.82, 2.24) is 0 Å². The van der Waals surface area contributed by atoms with Crippen molar-refractivity contribution in [3.05, 3.63) is 23.8 Å². The van der Waals surface area contributed by atoms with Gasteiger partial charge in [0, 0.05) is 13.7 Å². The number of unbranched alkanes of at least 4 members (excludes halogenated alkanes) is 1. The minimum atomic E-state index is -0.756. The fraction of sp³-hybridized carbons (Fsp3) is 0.688. The highest BCUT2D eigenvalue weighted by molar-refractivity contribution is 5.78. The summed E-state index contributed by atoms with van der Waals surface area (Å²) in [6, 6.07) is 0. The van der Waals surface area contributed by atoms with Gasteiger partial charge in [-0.15, -0.1) is 0 Å². The van der Waals surface area contributed by atoms with Crippen molar-refractivity contribution in [2.45, 2.75) is 46.0 Å². The molecule has 2 unspecified atom stereocenters. The number of rotatable bonds is 8. The van der Waals surface area contributed by atoms with Crippen LogP contribution in [0.25, 0.3) is 0 Å². The maximum atomic E-state index is 11.7. The van der Waals surface area contributed by atoms with E-state index in [-0.39, 0.29) is 5.92 Å². The van der Waals surface area contributed by atoms with Crippen molar-refractivity contribution in [2.24, 2.45) is 11.3 Å². The highest BCUT2D eigenvalue weighted by Gasteiger charge is 2.42. The van der Waals surface area contributed by atoms with E-state index in [1.54, 1.807) is 7.11 Å². The molecule has 0 spiro atoms. The van der Waals surface area contributed by atoms with E-state index < -0.39 is 11.4 Å². The lowest BCUT2D eigenvalue weighted by Gasteiger charge is -2.35. The molecule has 1 N–H and O–H groups in total. The van der Waals surface area contributed by atoms with Gasteiger partial charge in [0.2, 0.25) is 0 Å². The fourth-order valence-electron chi connectivity index (χ4n) is 2.74. The molecule has 0 aromatic rings. The first kappa shape index (κ1) is 16.0. The van der Waals surface area contributed by atoms with Crippen LogP contribution in [0.5, 0.6) is 0 Å². The molecule has 0 aliphatic heterocycles. The summed E-state index contributed by atoms with van der Waals surface area (Å²) in [6.45, 7) is 4.72. The van der Waals surface area contributed by atoms with Crippen LogP contribution in [-0.4, -0.2) is 24.8 Å². The van der Waals surface area contributed by atoms with Crippen molar-refractivity contribution in [3.63, 3.8) is 0 Å². The van der Waals surface area contributed by atoms with Crippen LogP contribution in [0.3, 0.4) is 0 Å². The molecule has 1 aliphatic rings. The van der Waals surface area contributed by atoms with Gasteiger partial charge in [-0.3, -0.25) is 4.79 Å². The van der Waals surface area contributed by atoms with Gasteiger partial charge in [0.15, 0.2) is 0 Å². The maximum absolute atomic E-state index is 11.7. The predicted molar refractivity (Wildman–Crippen MR) is 77.1 cm³/mol. The highest BCUT2D eigenvalue weighted by atomic mass is 16.5. The van der Waals surface area contributed by atoms with Crippen molar-refractivity contribution in [2.75, 3.05) is 13.7 Å². The normalized spacial score (nSPS) is 26.3. The topological polar surface area (TPSA) is 46.5 Å². The van der Waals surface area contributed by atoms with Crippen molar-refractivity contribution in [1.29, 1.82) is 0 Å². The average molecular weight is 266 g/mol. The van der Waals surface area contributed by atoms with Gasteiger partial charge in [0.05, 0.1) is 5.41 Å². The van der Waals surface area contributed by atoms with E-state index in [2.05, 4.69) is 13.0 Å². The van der Waals surface area contributed by atoms with Crippen LogP contribution >= 0.6 is 0 Å². The number of hydrogen-bond acceptors (Lipinski definition) is 2. The van der Waals surface area contributed by atoms with Crippen molar-refractivity contribution >= 4 is 5.97 Å². The Balaban J connectivity index is 2.92. The number of carboxylic acid groups (broad SMARTS) is 1. The van der Waals surface area contributed by atoms with Crippen LogP contribution < -0.4 is 0 Å². The van der Waals surface area contributed by atoms with Gasteiger partial charge in [0.1, 0.15) is 0 Å². The first-order chi connectivity index (χ1) is 9.10. The first-order valence-corrected chi connectivity index (χ1v) is 7.23. The molecule has 0 radical (unpaired) electrons. The van der Waals surface area contributed by atoms with E-state index in [1.807, 2.05) is 19.1 Å². The van der Waals surface area contributed by atoms with E-state index in [4.69, 9.17) is 4.74 Å². The van der Waals surface area contributed by atoms with Gasteiger partial charge in [-0.2, -0.15) is 0 Å². The van der Waals surface area contributed by atoms with Crippen LogP contribution in [-0.2, 0) is 9.53 Å². The number of methoxy groups -OCH3 is 1. The molecule has 19 heavy (non-hydrogen) atoms. The third-order valence-electron chi connectivity index (χ3n) is 4.11. The number of carbonyl (C=O) groups is 1. The van der Waals surface area contributed by atoms with Crippen molar-refractivity contribution < 1.29 is 14.6 Å². The minimum Gasteiger partial charge on any atom is -0.481 e. The van der Waals surface area contributed by atoms with Gasteiger partial charge in [-0.05, 0) is 31.6 Å². The summed E-state index contributed by atoms with van der Waals surface area (Å²) in [7, 11) is 1.66. The minimum absolute atomic E-state index is 0.0341. The molecule has 2 atom stereocenters. The molecular weight excluding hydrogens is 240 g/mol. The van der Waals surface area contributed by atoms with Gasteiger partial charge in [-0.1, -0.05) is 44.1 Å². The summed E-state index contributed by atoms with van der Waals surface area (Å²) in [5.41, 5.74) is 0.516. The first-order valence-electron chi connectivity index (χ1n) is 7.23. The fourth-order valence-corrected chi connectivity index (χ4v) is 2.74. The highest BCUT2D eigenvalue weighted by Crippen LogP contribution is 2.41. The summed E-state index contributed by atoms with van der Waals surface area (Å²) >= 11 is 0. The molecule has 3 heteroatoms.